The minimum atomic E-state index is -0.665. The molecule has 102 valence electrons. The fraction of sp³-hybridized carbons (Fsp3) is 1.00. The molecule has 0 spiro atoms. The topological polar surface area (TPSA) is 44.7 Å². The van der Waals surface area contributed by atoms with Gasteiger partial charge in [0.25, 0.3) is 0 Å². The highest BCUT2D eigenvalue weighted by Crippen LogP contribution is 2.14. The van der Waals surface area contributed by atoms with Gasteiger partial charge in [0.15, 0.2) is 0 Å². The van der Waals surface area contributed by atoms with Gasteiger partial charge in [0.1, 0.15) is 0 Å². The quantitative estimate of drug-likeness (QED) is 0.697. The van der Waals surface area contributed by atoms with Gasteiger partial charge in [0, 0.05) is 45.3 Å². The van der Waals surface area contributed by atoms with E-state index in [1.165, 1.54) is 6.42 Å². The van der Waals surface area contributed by atoms with Crippen LogP contribution in [0.3, 0.4) is 0 Å². The molecule has 0 amide bonds. The standard InChI is InChI=1S/C13H28N2O2/c1-11(2)15-7-5-12(9-15)14-10-13(3,16)6-8-17-4/h11-12,14,16H,5-10H2,1-4H3. The first-order valence-electron chi connectivity index (χ1n) is 6.63. The van der Waals surface area contributed by atoms with Crippen molar-refractivity contribution in [2.45, 2.75) is 51.3 Å². The number of hydrogen-bond acceptors (Lipinski definition) is 4. The molecule has 1 rings (SSSR count). The zero-order valence-electron chi connectivity index (χ0n) is 11.7. The van der Waals surface area contributed by atoms with Crippen molar-refractivity contribution in [2.24, 2.45) is 0 Å². The van der Waals surface area contributed by atoms with Crippen molar-refractivity contribution < 1.29 is 9.84 Å². The van der Waals surface area contributed by atoms with Crippen molar-refractivity contribution >= 4 is 0 Å². The van der Waals surface area contributed by atoms with E-state index in [2.05, 4.69) is 24.1 Å². The van der Waals surface area contributed by atoms with Crippen LogP contribution in [-0.2, 0) is 4.74 Å². The lowest BCUT2D eigenvalue weighted by molar-refractivity contribution is 0.0229. The van der Waals surface area contributed by atoms with E-state index in [0.29, 0.717) is 31.7 Å². The molecule has 1 fully saturated rings. The first-order chi connectivity index (χ1) is 7.94. The summed E-state index contributed by atoms with van der Waals surface area (Å²) in [6, 6.07) is 1.14. The molecule has 2 unspecified atom stereocenters. The van der Waals surface area contributed by atoms with E-state index in [1.54, 1.807) is 7.11 Å². The molecular weight excluding hydrogens is 216 g/mol. The maximum absolute atomic E-state index is 10.1. The SMILES string of the molecule is COCCC(C)(O)CNC1CCN(C(C)C)C1. The van der Waals surface area contributed by atoms with Gasteiger partial charge in [-0.2, -0.15) is 0 Å². The third kappa shape index (κ3) is 5.34. The van der Waals surface area contributed by atoms with Gasteiger partial charge in [0.05, 0.1) is 5.60 Å². The molecule has 2 N–H and O–H groups in total. The van der Waals surface area contributed by atoms with Crippen LogP contribution in [0.2, 0.25) is 0 Å². The number of ether oxygens (including phenoxy) is 1. The summed E-state index contributed by atoms with van der Waals surface area (Å²) in [5.74, 6) is 0. The van der Waals surface area contributed by atoms with E-state index in [1.807, 2.05) is 6.92 Å². The van der Waals surface area contributed by atoms with Gasteiger partial charge in [-0.1, -0.05) is 0 Å². The molecule has 17 heavy (non-hydrogen) atoms. The average Bonchev–Trinajstić information content (AvgIpc) is 2.73. The Labute approximate surface area is 105 Å². The van der Waals surface area contributed by atoms with Gasteiger partial charge < -0.3 is 15.2 Å². The van der Waals surface area contributed by atoms with Crippen molar-refractivity contribution in [1.82, 2.24) is 10.2 Å². The molecule has 0 aromatic rings. The number of methoxy groups -OCH3 is 1. The van der Waals surface area contributed by atoms with Crippen LogP contribution < -0.4 is 5.32 Å². The van der Waals surface area contributed by atoms with E-state index in [0.717, 1.165) is 13.1 Å². The molecule has 0 saturated carbocycles. The zero-order chi connectivity index (χ0) is 12.9. The molecule has 0 bridgehead atoms. The summed E-state index contributed by atoms with van der Waals surface area (Å²) in [5, 5.41) is 13.6. The lowest BCUT2D eigenvalue weighted by atomic mass is 10.0. The van der Waals surface area contributed by atoms with Crippen LogP contribution in [0.5, 0.6) is 0 Å². The molecule has 2 atom stereocenters. The molecule has 1 saturated heterocycles. The summed E-state index contributed by atoms with van der Waals surface area (Å²) >= 11 is 0. The highest BCUT2D eigenvalue weighted by atomic mass is 16.5. The minimum absolute atomic E-state index is 0.520. The maximum Gasteiger partial charge on any atom is 0.0765 e. The van der Waals surface area contributed by atoms with Gasteiger partial charge in [-0.05, 0) is 33.7 Å². The first kappa shape index (κ1) is 14.9. The van der Waals surface area contributed by atoms with Gasteiger partial charge >= 0.3 is 0 Å². The number of rotatable bonds is 7. The fourth-order valence-electron chi connectivity index (χ4n) is 2.20. The zero-order valence-corrected chi connectivity index (χ0v) is 11.7. The van der Waals surface area contributed by atoms with Crippen LogP contribution in [0.1, 0.15) is 33.6 Å². The summed E-state index contributed by atoms with van der Waals surface area (Å²) in [6.07, 6.45) is 1.86. The van der Waals surface area contributed by atoms with E-state index in [4.69, 9.17) is 4.74 Å². The second kappa shape index (κ2) is 6.69. The number of nitrogens with one attached hydrogen (secondary N) is 1. The van der Waals surface area contributed by atoms with Crippen molar-refractivity contribution in [2.75, 3.05) is 33.4 Å². The highest BCUT2D eigenvalue weighted by Gasteiger charge is 2.26. The Morgan fingerprint density at radius 1 is 1.53 bits per heavy atom. The van der Waals surface area contributed by atoms with E-state index in [-0.39, 0.29) is 0 Å². The molecule has 1 aliphatic heterocycles. The second-order valence-electron chi connectivity index (χ2n) is 5.69. The summed E-state index contributed by atoms with van der Waals surface area (Å²) in [6.45, 7) is 9.85. The molecule has 0 radical (unpaired) electrons. The Hall–Kier alpha value is -0.160. The number of hydrogen-bond donors (Lipinski definition) is 2. The maximum atomic E-state index is 10.1. The van der Waals surface area contributed by atoms with Crippen molar-refractivity contribution in [1.29, 1.82) is 0 Å². The third-order valence-corrected chi connectivity index (χ3v) is 3.57. The molecule has 1 aliphatic rings. The fourth-order valence-corrected chi connectivity index (χ4v) is 2.20. The van der Waals surface area contributed by atoms with Gasteiger partial charge in [-0.25, -0.2) is 0 Å². The number of nitrogens with zero attached hydrogens (tertiary/aromatic N) is 1. The van der Waals surface area contributed by atoms with E-state index >= 15 is 0 Å². The summed E-state index contributed by atoms with van der Waals surface area (Å²) in [7, 11) is 1.67. The third-order valence-electron chi connectivity index (χ3n) is 3.57. The monoisotopic (exact) mass is 244 g/mol. The van der Waals surface area contributed by atoms with E-state index in [9.17, 15) is 5.11 Å². The Balaban J connectivity index is 2.22. The predicted octanol–water partition coefficient (Wildman–Crippen LogP) is 0.846. The Morgan fingerprint density at radius 3 is 2.76 bits per heavy atom. The van der Waals surface area contributed by atoms with Crippen LogP contribution >= 0.6 is 0 Å². The van der Waals surface area contributed by atoms with E-state index < -0.39 is 5.60 Å². The summed E-state index contributed by atoms with van der Waals surface area (Å²) in [4.78, 5) is 2.47. The molecule has 0 aliphatic carbocycles. The summed E-state index contributed by atoms with van der Waals surface area (Å²) < 4.78 is 5.00. The minimum Gasteiger partial charge on any atom is -0.389 e. The average molecular weight is 244 g/mol. The molecule has 1 heterocycles. The molecule has 4 nitrogen and oxygen atoms in total. The molecule has 4 heteroatoms. The second-order valence-corrected chi connectivity index (χ2v) is 5.69. The van der Waals surface area contributed by atoms with Gasteiger partial charge in [-0.15, -0.1) is 0 Å². The van der Waals surface area contributed by atoms with Crippen LogP contribution in [-0.4, -0.2) is 61.0 Å². The normalized spacial score (nSPS) is 25.4. The Bertz CT molecular complexity index is 219. The van der Waals surface area contributed by atoms with Crippen LogP contribution in [0.25, 0.3) is 0 Å². The lowest BCUT2D eigenvalue weighted by Crippen LogP contribution is -2.44. The smallest absolute Gasteiger partial charge is 0.0765 e. The number of likely N-dealkylation sites (tertiary alicyclic amines) is 1. The van der Waals surface area contributed by atoms with Crippen molar-refractivity contribution in [3.63, 3.8) is 0 Å². The molecule has 0 aromatic heterocycles. The Kier molecular flexibility index (Phi) is 5.86. The van der Waals surface area contributed by atoms with Crippen LogP contribution in [0, 0.1) is 0 Å². The van der Waals surface area contributed by atoms with Crippen molar-refractivity contribution in [3.05, 3.63) is 0 Å². The van der Waals surface area contributed by atoms with Crippen LogP contribution in [0.15, 0.2) is 0 Å². The Morgan fingerprint density at radius 2 is 2.24 bits per heavy atom. The van der Waals surface area contributed by atoms with Gasteiger partial charge in [-0.3, -0.25) is 4.90 Å². The lowest BCUT2D eigenvalue weighted by Gasteiger charge is -2.26. The number of aliphatic hydroxyl groups is 1. The van der Waals surface area contributed by atoms with Crippen molar-refractivity contribution in [3.8, 4) is 0 Å². The summed E-state index contributed by atoms with van der Waals surface area (Å²) in [5.41, 5.74) is -0.665. The molecule has 0 aromatic carbocycles. The van der Waals surface area contributed by atoms with Gasteiger partial charge in [0.2, 0.25) is 0 Å². The predicted molar refractivity (Wildman–Crippen MR) is 70.2 cm³/mol. The van der Waals surface area contributed by atoms with Crippen LogP contribution in [0.4, 0.5) is 0 Å². The first-order valence-corrected chi connectivity index (χ1v) is 6.63. The largest absolute Gasteiger partial charge is 0.389 e. The molecular formula is C13H28N2O2. The highest BCUT2D eigenvalue weighted by molar-refractivity contribution is 4.85.